The van der Waals surface area contributed by atoms with Gasteiger partial charge in [-0.15, -0.1) is 0 Å². The molecule has 0 saturated heterocycles. The van der Waals surface area contributed by atoms with Gasteiger partial charge in [0.2, 0.25) is 0 Å². The quantitative estimate of drug-likeness (QED) is 0.742. The third kappa shape index (κ3) is 5.26. The Kier molecular flexibility index (Phi) is 6.06. The molecule has 0 aliphatic heterocycles. The highest BCUT2D eigenvalue weighted by atomic mass is 15.2. The maximum absolute atomic E-state index is 3.67. The molecule has 1 fully saturated rings. The lowest BCUT2D eigenvalue weighted by molar-refractivity contribution is 0.272. The summed E-state index contributed by atoms with van der Waals surface area (Å²) in [5.74, 6) is 0. The van der Waals surface area contributed by atoms with Crippen molar-refractivity contribution in [1.29, 1.82) is 0 Å². The van der Waals surface area contributed by atoms with E-state index in [2.05, 4.69) is 55.3 Å². The van der Waals surface area contributed by atoms with Crippen molar-refractivity contribution in [3.8, 4) is 0 Å². The van der Waals surface area contributed by atoms with Gasteiger partial charge in [-0.2, -0.15) is 0 Å². The molecule has 1 aliphatic rings. The summed E-state index contributed by atoms with van der Waals surface area (Å²) in [6.45, 7) is 10.3. The monoisotopic (exact) mass is 274 g/mol. The zero-order valence-corrected chi connectivity index (χ0v) is 13.4. The summed E-state index contributed by atoms with van der Waals surface area (Å²) < 4.78 is 0. The van der Waals surface area contributed by atoms with Crippen molar-refractivity contribution in [3.05, 3.63) is 35.4 Å². The number of hydrogen-bond acceptors (Lipinski definition) is 2. The molecule has 2 rings (SSSR count). The second-order valence-electron chi connectivity index (χ2n) is 6.24. The Bertz CT molecular complexity index is 398. The molecule has 2 heteroatoms. The second-order valence-corrected chi connectivity index (χ2v) is 6.24. The standard InChI is InChI=1S/C18H30N2/c1-4-20(18-10-11-18)13-12-19-16(3)8-9-17-7-5-6-15(2)14-17/h5-7,14,16,18-19H,4,8-13H2,1-3H3. The SMILES string of the molecule is CCN(CCNC(C)CCc1cccc(C)c1)C1CC1. The normalized spacial score (nSPS) is 16.6. The van der Waals surface area contributed by atoms with Crippen molar-refractivity contribution in [2.24, 2.45) is 0 Å². The van der Waals surface area contributed by atoms with Crippen molar-refractivity contribution in [3.63, 3.8) is 0 Å². The van der Waals surface area contributed by atoms with Crippen LogP contribution in [-0.2, 0) is 6.42 Å². The molecule has 0 radical (unpaired) electrons. The molecule has 1 aromatic rings. The average molecular weight is 274 g/mol. The van der Waals surface area contributed by atoms with Gasteiger partial charge in [0.05, 0.1) is 0 Å². The zero-order chi connectivity index (χ0) is 14.4. The highest BCUT2D eigenvalue weighted by molar-refractivity contribution is 5.22. The first-order valence-electron chi connectivity index (χ1n) is 8.22. The van der Waals surface area contributed by atoms with Crippen molar-refractivity contribution in [1.82, 2.24) is 10.2 Å². The van der Waals surface area contributed by atoms with Crippen LogP contribution in [0.1, 0.15) is 44.2 Å². The Balaban J connectivity index is 1.61. The Morgan fingerprint density at radius 3 is 2.80 bits per heavy atom. The fraction of sp³-hybridized carbons (Fsp3) is 0.667. The summed E-state index contributed by atoms with van der Waals surface area (Å²) in [5, 5.41) is 3.67. The third-order valence-electron chi connectivity index (χ3n) is 4.31. The lowest BCUT2D eigenvalue weighted by Crippen LogP contribution is -2.37. The van der Waals surface area contributed by atoms with E-state index >= 15 is 0 Å². The Hall–Kier alpha value is -0.860. The van der Waals surface area contributed by atoms with E-state index in [9.17, 15) is 0 Å². The number of hydrogen-bond donors (Lipinski definition) is 1. The van der Waals surface area contributed by atoms with Gasteiger partial charge >= 0.3 is 0 Å². The number of rotatable bonds is 9. The highest BCUT2D eigenvalue weighted by Crippen LogP contribution is 2.25. The highest BCUT2D eigenvalue weighted by Gasteiger charge is 2.27. The van der Waals surface area contributed by atoms with E-state index < -0.39 is 0 Å². The van der Waals surface area contributed by atoms with Gasteiger partial charge in [-0.1, -0.05) is 36.8 Å². The number of aryl methyl sites for hydroxylation is 2. The van der Waals surface area contributed by atoms with Crippen LogP contribution in [0, 0.1) is 6.92 Å². The Morgan fingerprint density at radius 1 is 1.35 bits per heavy atom. The van der Waals surface area contributed by atoms with E-state index in [1.165, 1.54) is 49.9 Å². The molecule has 0 aromatic heterocycles. The van der Waals surface area contributed by atoms with Gasteiger partial charge < -0.3 is 5.32 Å². The number of likely N-dealkylation sites (N-methyl/N-ethyl adjacent to an activating group) is 1. The molecular formula is C18H30N2. The molecule has 20 heavy (non-hydrogen) atoms. The minimum absolute atomic E-state index is 0.605. The van der Waals surface area contributed by atoms with Crippen molar-refractivity contribution >= 4 is 0 Å². The fourth-order valence-electron chi connectivity index (χ4n) is 2.85. The first-order valence-corrected chi connectivity index (χ1v) is 8.22. The van der Waals surface area contributed by atoms with Gasteiger partial charge in [-0.25, -0.2) is 0 Å². The molecule has 1 atom stereocenters. The Morgan fingerprint density at radius 2 is 2.15 bits per heavy atom. The smallest absolute Gasteiger partial charge is 0.0110 e. The molecule has 0 amide bonds. The summed E-state index contributed by atoms with van der Waals surface area (Å²) in [7, 11) is 0. The molecule has 2 nitrogen and oxygen atoms in total. The first-order chi connectivity index (χ1) is 9.69. The van der Waals surface area contributed by atoms with Gasteiger partial charge in [0.1, 0.15) is 0 Å². The van der Waals surface area contributed by atoms with Gasteiger partial charge in [-0.3, -0.25) is 4.90 Å². The molecule has 0 spiro atoms. The van der Waals surface area contributed by atoms with Crippen molar-refractivity contribution in [2.45, 2.75) is 58.5 Å². The lowest BCUT2D eigenvalue weighted by atomic mass is 10.0. The van der Waals surface area contributed by atoms with Crippen LogP contribution >= 0.6 is 0 Å². The van der Waals surface area contributed by atoms with E-state index in [4.69, 9.17) is 0 Å². The fourth-order valence-corrected chi connectivity index (χ4v) is 2.85. The number of nitrogens with zero attached hydrogens (tertiary/aromatic N) is 1. The van der Waals surface area contributed by atoms with E-state index in [0.717, 1.165) is 12.6 Å². The molecule has 112 valence electrons. The van der Waals surface area contributed by atoms with E-state index in [1.54, 1.807) is 0 Å². The lowest BCUT2D eigenvalue weighted by Gasteiger charge is -2.21. The largest absolute Gasteiger partial charge is 0.313 e. The van der Waals surface area contributed by atoms with Crippen LogP contribution in [0.2, 0.25) is 0 Å². The summed E-state index contributed by atoms with van der Waals surface area (Å²) in [4.78, 5) is 2.61. The molecule has 1 aliphatic carbocycles. The maximum Gasteiger partial charge on any atom is 0.0110 e. The topological polar surface area (TPSA) is 15.3 Å². The molecule has 1 N–H and O–H groups in total. The summed E-state index contributed by atoms with van der Waals surface area (Å²) in [6.07, 6.45) is 5.22. The molecule has 0 heterocycles. The van der Waals surface area contributed by atoms with E-state index in [1.807, 2.05) is 0 Å². The van der Waals surface area contributed by atoms with Crippen LogP contribution in [0.5, 0.6) is 0 Å². The van der Waals surface area contributed by atoms with Crippen LogP contribution < -0.4 is 5.32 Å². The second kappa shape index (κ2) is 7.80. The van der Waals surface area contributed by atoms with Gasteiger partial charge in [0.15, 0.2) is 0 Å². The molecule has 0 bridgehead atoms. The zero-order valence-electron chi connectivity index (χ0n) is 13.4. The first kappa shape index (κ1) is 15.5. The van der Waals surface area contributed by atoms with E-state index in [-0.39, 0.29) is 0 Å². The van der Waals surface area contributed by atoms with Gasteiger partial charge in [0, 0.05) is 25.2 Å². The third-order valence-corrected chi connectivity index (χ3v) is 4.31. The predicted molar refractivity (Wildman–Crippen MR) is 87.2 cm³/mol. The van der Waals surface area contributed by atoms with Crippen molar-refractivity contribution in [2.75, 3.05) is 19.6 Å². The van der Waals surface area contributed by atoms with Gasteiger partial charge in [0.25, 0.3) is 0 Å². The predicted octanol–water partition coefficient (Wildman–Crippen LogP) is 3.39. The molecule has 1 saturated carbocycles. The molecular weight excluding hydrogens is 244 g/mol. The maximum atomic E-state index is 3.67. The average Bonchev–Trinajstić information content (AvgIpc) is 3.26. The number of benzene rings is 1. The van der Waals surface area contributed by atoms with Crippen LogP contribution in [0.25, 0.3) is 0 Å². The molecule has 1 aromatic carbocycles. The summed E-state index contributed by atoms with van der Waals surface area (Å²) in [5.41, 5.74) is 2.83. The van der Waals surface area contributed by atoms with Gasteiger partial charge in [-0.05, 0) is 51.6 Å². The minimum Gasteiger partial charge on any atom is -0.313 e. The minimum atomic E-state index is 0.605. The van der Waals surface area contributed by atoms with Crippen LogP contribution in [0.4, 0.5) is 0 Å². The van der Waals surface area contributed by atoms with Crippen molar-refractivity contribution < 1.29 is 0 Å². The molecule has 1 unspecified atom stereocenters. The van der Waals surface area contributed by atoms with E-state index in [0.29, 0.717) is 6.04 Å². The van der Waals surface area contributed by atoms with Crippen LogP contribution in [0.3, 0.4) is 0 Å². The van der Waals surface area contributed by atoms with Crippen LogP contribution in [-0.4, -0.2) is 36.6 Å². The summed E-state index contributed by atoms with van der Waals surface area (Å²) in [6, 6.07) is 10.4. The number of nitrogens with one attached hydrogen (secondary N) is 1. The Labute approximate surface area is 124 Å². The van der Waals surface area contributed by atoms with Crippen LogP contribution in [0.15, 0.2) is 24.3 Å². The summed E-state index contributed by atoms with van der Waals surface area (Å²) >= 11 is 0.